The van der Waals surface area contributed by atoms with E-state index in [2.05, 4.69) is 35.9 Å². The fourth-order valence-corrected chi connectivity index (χ4v) is 3.63. The molecule has 6 nitrogen and oxygen atoms in total. The fraction of sp³-hybridized carbons (Fsp3) is 0.579. The molecule has 1 aromatic heterocycles. The molecule has 6 heteroatoms. The Hall–Kier alpha value is -1.92. The van der Waals surface area contributed by atoms with Crippen molar-refractivity contribution in [1.82, 2.24) is 14.5 Å². The maximum Gasteiger partial charge on any atom is 0.323 e. The molecule has 1 unspecified atom stereocenters. The third-order valence-electron chi connectivity index (χ3n) is 5.18. The van der Waals surface area contributed by atoms with Crippen LogP contribution in [0.15, 0.2) is 18.5 Å². The van der Waals surface area contributed by atoms with Crippen molar-refractivity contribution in [2.24, 2.45) is 0 Å². The van der Waals surface area contributed by atoms with Crippen LogP contribution >= 0.6 is 0 Å². The molecule has 0 aliphatic carbocycles. The SMILES string of the molecule is COC(=O)[C@H]1CCCCN1CC(O)Cn1cnc2cc(C)c(C)cc21. The van der Waals surface area contributed by atoms with E-state index >= 15 is 0 Å². The van der Waals surface area contributed by atoms with Crippen LogP contribution in [-0.4, -0.2) is 57.9 Å². The smallest absolute Gasteiger partial charge is 0.323 e. The third kappa shape index (κ3) is 3.85. The van der Waals surface area contributed by atoms with Gasteiger partial charge in [-0.25, -0.2) is 4.98 Å². The lowest BCUT2D eigenvalue weighted by Crippen LogP contribution is -2.48. The van der Waals surface area contributed by atoms with Gasteiger partial charge in [0.1, 0.15) is 6.04 Å². The van der Waals surface area contributed by atoms with Crippen LogP contribution in [-0.2, 0) is 16.1 Å². The van der Waals surface area contributed by atoms with Crippen LogP contribution in [0.1, 0.15) is 30.4 Å². The summed E-state index contributed by atoms with van der Waals surface area (Å²) in [5.41, 5.74) is 4.41. The number of fused-ring (bicyclic) bond motifs is 1. The molecule has 1 saturated heterocycles. The van der Waals surface area contributed by atoms with Crippen molar-refractivity contribution < 1.29 is 14.6 Å². The number of hydrogen-bond acceptors (Lipinski definition) is 5. The van der Waals surface area contributed by atoms with Gasteiger partial charge in [-0.3, -0.25) is 9.69 Å². The number of rotatable bonds is 5. The first-order chi connectivity index (χ1) is 12.0. The van der Waals surface area contributed by atoms with Gasteiger partial charge in [0.2, 0.25) is 0 Å². The van der Waals surface area contributed by atoms with Crippen molar-refractivity contribution in [3.63, 3.8) is 0 Å². The van der Waals surface area contributed by atoms with Crippen LogP contribution in [0.4, 0.5) is 0 Å². The second-order valence-corrected chi connectivity index (χ2v) is 7.01. The lowest BCUT2D eigenvalue weighted by atomic mass is 10.0. The van der Waals surface area contributed by atoms with E-state index in [1.807, 2.05) is 4.57 Å². The van der Waals surface area contributed by atoms with E-state index < -0.39 is 6.10 Å². The number of β-amino-alcohol motifs (C(OH)–C–C–N with tert-alkyl or cyclic N) is 1. The van der Waals surface area contributed by atoms with E-state index in [-0.39, 0.29) is 12.0 Å². The first-order valence-electron chi connectivity index (χ1n) is 8.91. The summed E-state index contributed by atoms with van der Waals surface area (Å²) in [5, 5.41) is 10.6. The highest BCUT2D eigenvalue weighted by Gasteiger charge is 2.30. The zero-order chi connectivity index (χ0) is 18.0. The predicted molar refractivity (Wildman–Crippen MR) is 96.4 cm³/mol. The molecular weight excluding hydrogens is 318 g/mol. The Morgan fingerprint density at radius 2 is 2.08 bits per heavy atom. The van der Waals surface area contributed by atoms with E-state index in [0.717, 1.165) is 36.8 Å². The van der Waals surface area contributed by atoms with Gasteiger partial charge in [0.15, 0.2) is 0 Å². The molecule has 1 aromatic carbocycles. The molecule has 0 radical (unpaired) electrons. The second kappa shape index (κ2) is 7.54. The molecule has 0 bridgehead atoms. The number of aliphatic hydroxyl groups is 1. The summed E-state index contributed by atoms with van der Waals surface area (Å²) >= 11 is 0. The zero-order valence-electron chi connectivity index (χ0n) is 15.2. The molecule has 2 aromatic rings. The standard InChI is InChI=1S/C19H27N3O3/c1-13-8-16-18(9-14(13)2)22(12-20-16)11-15(23)10-21-7-5-4-6-17(21)19(24)25-3/h8-9,12,15,17,23H,4-7,10-11H2,1-3H3/t15?,17-/m1/s1. The van der Waals surface area contributed by atoms with Crippen molar-refractivity contribution in [2.75, 3.05) is 20.2 Å². The first kappa shape index (κ1) is 17.9. The number of hydrogen-bond donors (Lipinski definition) is 1. The molecule has 0 saturated carbocycles. The topological polar surface area (TPSA) is 67.6 Å². The van der Waals surface area contributed by atoms with Crippen molar-refractivity contribution in [3.05, 3.63) is 29.6 Å². The van der Waals surface area contributed by atoms with E-state index in [1.165, 1.54) is 18.2 Å². The Morgan fingerprint density at radius 1 is 1.32 bits per heavy atom. The minimum absolute atomic E-state index is 0.203. The van der Waals surface area contributed by atoms with E-state index in [0.29, 0.717) is 13.1 Å². The molecular formula is C19H27N3O3. The van der Waals surface area contributed by atoms with Crippen molar-refractivity contribution in [1.29, 1.82) is 0 Å². The number of ether oxygens (including phenoxy) is 1. The van der Waals surface area contributed by atoms with Crippen LogP contribution in [0, 0.1) is 13.8 Å². The molecule has 2 heterocycles. The van der Waals surface area contributed by atoms with Gasteiger partial charge < -0.3 is 14.4 Å². The lowest BCUT2D eigenvalue weighted by molar-refractivity contribution is -0.148. The van der Waals surface area contributed by atoms with E-state index in [1.54, 1.807) is 6.33 Å². The van der Waals surface area contributed by atoms with Crippen molar-refractivity contribution >= 4 is 17.0 Å². The van der Waals surface area contributed by atoms with Gasteiger partial charge in [0.25, 0.3) is 0 Å². The molecule has 0 amide bonds. The highest BCUT2D eigenvalue weighted by atomic mass is 16.5. The normalized spacial score (nSPS) is 19.9. The lowest BCUT2D eigenvalue weighted by Gasteiger charge is -2.35. The summed E-state index contributed by atoms with van der Waals surface area (Å²) in [4.78, 5) is 18.5. The predicted octanol–water partition coefficient (Wildman–Crippen LogP) is 2.04. The maximum atomic E-state index is 12.0. The quantitative estimate of drug-likeness (QED) is 0.840. The number of aliphatic hydroxyl groups excluding tert-OH is 1. The number of aryl methyl sites for hydroxylation is 2. The summed E-state index contributed by atoms with van der Waals surface area (Å²) in [6, 6.07) is 3.95. The number of methoxy groups -OCH3 is 1. The van der Waals surface area contributed by atoms with Crippen LogP contribution in [0.3, 0.4) is 0 Å². The molecule has 1 fully saturated rings. The first-order valence-corrected chi connectivity index (χ1v) is 8.91. The summed E-state index contributed by atoms with van der Waals surface area (Å²) < 4.78 is 6.90. The highest BCUT2D eigenvalue weighted by Crippen LogP contribution is 2.21. The minimum Gasteiger partial charge on any atom is -0.468 e. The Bertz CT molecular complexity index is 756. The van der Waals surface area contributed by atoms with Gasteiger partial charge in [0.05, 0.1) is 37.1 Å². The maximum absolute atomic E-state index is 12.0. The van der Waals surface area contributed by atoms with Crippen molar-refractivity contribution in [3.8, 4) is 0 Å². The van der Waals surface area contributed by atoms with Crippen LogP contribution in [0.2, 0.25) is 0 Å². The average molecular weight is 345 g/mol. The Balaban J connectivity index is 1.70. The van der Waals surface area contributed by atoms with Gasteiger partial charge in [0, 0.05) is 6.54 Å². The Morgan fingerprint density at radius 3 is 2.84 bits per heavy atom. The monoisotopic (exact) mass is 345 g/mol. The molecule has 0 spiro atoms. The third-order valence-corrected chi connectivity index (χ3v) is 5.18. The summed E-state index contributed by atoms with van der Waals surface area (Å²) in [6.45, 7) is 5.90. The summed E-state index contributed by atoms with van der Waals surface area (Å²) in [7, 11) is 1.42. The number of nitrogens with zero attached hydrogens (tertiary/aromatic N) is 3. The summed E-state index contributed by atoms with van der Waals surface area (Å²) in [6.07, 6.45) is 4.08. The number of carbonyl (C=O) groups excluding carboxylic acids is 1. The molecule has 136 valence electrons. The van der Waals surface area contributed by atoms with Crippen LogP contribution in [0.25, 0.3) is 11.0 Å². The van der Waals surface area contributed by atoms with Gasteiger partial charge in [-0.2, -0.15) is 0 Å². The molecule has 25 heavy (non-hydrogen) atoms. The number of benzene rings is 1. The minimum atomic E-state index is -0.565. The van der Waals surface area contributed by atoms with Gasteiger partial charge in [-0.05, 0) is 56.5 Å². The highest BCUT2D eigenvalue weighted by molar-refractivity contribution is 5.77. The van der Waals surface area contributed by atoms with Crippen molar-refractivity contribution in [2.45, 2.75) is 51.8 Å². The van der Waals surface area contributed by atoms with Gasteiger partial charge >= 0.3 is 5.97 Å². The van der Waals surface area contributed by atoms with Crippen LogP contribution in [0.5, 0.6) is 0 Å². The zero-order valence-corrected chi connectivity index (χ0v) is 15.2. The number of esters is 1. The number of imidazole rings is 1. The average Bonchev–Trinajstić information content (AvgIpc) is 2.96. The molecule has 3 rings (SSSR count). The largest absolute Gasteiger partial charge is 0.468 e. The number of aromatic nitrogens is 2. The Labute approximate surface area is 148 Å². The molecule has 1 aliphatic heterocycles. The van der Waals surface area contributed by atoms with Gasteiger partial charge in [-0.15, -0.1) is 0 Å². The second-order valence-electron chi connectivity index (χ2n) is 7.01. The van der Waals surface area contributed by atoms with E-state index in [9.17, 15) is 9.90 Å². The number of carbonyl (C=O) groups is 1. The Kier molecular flexibility index (Phi) is 5.39. The summed E-state index contributed by atoms with van der Waals surface area (Å²) in [5.74, 6) is -0.203. The fourth-order valence-electron chi connectivity index (χ4n) is 3.63. The molecule has 2 atom stereocenters. The number of piperidine rings is 1. The number of likely N-dealkylation sites (tertiary alicyclic amines) is 1. The van der Waals surface area contributed by atoms with Gasteiger partial charge in [-0.1, -0.05) is 6.42 Å². The van der Waals surface area contributed by atoms with Crippen LogP contribution < -0.4 is 0 Å². The molecule has 1 aliphatic rings. The molecule has 1 N–H and O–H groups in total. The van der Waals surface area contributed by atoms with E-state index in [4.69, 9.17) is 4.74 Å².